The van der Waals surface area contributed by atoms with Gasteiger partial charge in [-0.25, -0.2) is 8.78 Å². The lowest BCUT2D eigenvalue weighted by Gasteiger charge is -2.18. The highest BCUT2D eigenvalue weighted by Crippen LogP contribution is 2.37. The molecule has 0 saturated carbocycles. The lowest BCUT2D eigenvalue weighted by Crippen LogP contribution is -2.11. The second-order valence-electron chi connectivity index (χ2n) is 4.64. The maximum absolute atomic E-state index is 13.8. The third-order valence-corrected chi connectivity index (χ3v) is 5.91. The molecule has 0 amide bonds. The summed E-state index contributed by atoms with van der Waals surface area (Å²) in [6.07, 6.45) is 8.04. The average molecular weight is 272 g/mol. The first-order chi connectivity index (χ1) is 8.69. The van der Waals surface area contributed by atoms with Crippen molar-refractivity contribution in [3.63, 3.8) is 0 Å². The lowest BCUT2D eigenvalue weighted by molar-refractivity contribution is 0.588. The van der Waals surface area contributed by atoms with Crippen LogP contribution in [0.25, 0.3) is 0 Å². The molecule has 1 unspecified atom stereocenters. The molecule has 0 aliphatic heterocycles. The number of hydrogen-bond donors (Lipinski definition) is 0. The summed E-state index contributed by atoms with van der Waals surface area (Å²) >= 11 is 0. The molecule has 0 spiro atoms. The first-order valence-corrected chi connectivity index (χ1v) is 8.60. The minimum absolute atomic E-state index is 0.356. The molecule has 1 aromatic rings. The Kier molecular flexibility index (Phi) is 7.42. The van der Waals surface area contributed by atoms with E-state index in [9.17, 15) is 8.78 Å². The van der Waals surface area contributed by atoms with E-state index in [2.05, 4.69) is 13.8 Å². The zero-order valence-corrected chi connectivity index (χ0v) is 12.3. The van der Waals surface area contributed by atoms with Crippen molar-refractivity contribution in [3.05, 3.63) is 29.8 Å². The molecular weight excluding hydrogens is 249 g/mol. The summed E-state index contributed by atoms with van der Waals surface area (Å²) < 4.78 is 26.7. The van der Waals surface area contributed by atoms with E-state index in [-0.39, 0.29) is 5.82 Å². The molecule has 1 atom stereocenters. The molecule has 18 heavy (non-hydrogen) atoms. The van der Waals surface area contributed by atoms with E-state index in [1.54, 1.807) is 6.07 Å². The zero-order valence-electron chi connectivity index (χ0n) is 11.4. The van der Waals surface area contributed by atoms with Gasteiger partial charge >= 0.3 is 0 Å². The van der Waals surface area contributed by atoms with Crippen molar-refractivity contribution in [1.82, 2.24) is 0 Å². The van der Waals surface area contributed by atoms with Crippen LogP contribution in [0.2, 0.25) is 0 Å². The third kappa shape index (κ3) is 5.02. The summed E-state index contributed by atoms with van der Waals surface area (Å²) in [5, 5.41) is 0.754. The van der Waals surface area contributed by atoms with E-state index < -0.39 is 13.7 Å². The first-order valence-electron chi connectivity index (χ1n) is 6.89. The average Bonchev–Trinajstić information content (AvgIpc) is 2.34. The van der Waals surface area contributed by atoms with Crippen LogP contribution < -0.4 is 5.30 Å². The maximum atomic E-state index is 13.8. The van der Waals surface area contributed by atoms with Crippen LogP contribution in [-0.2, 0) is 0 Å². The minimum atomic E-state index is -0.478. The van der Waals surface area contributed by atoms with Crippen molar-refractivity contribution < 1.29 is 8.78 Å². The fraction of sp³-hybridized carbons (Fsp3) is 0.600. The quantitative estimate of drug-likeness (QED) is 0.458. The first kappa shape index (κ1) is 15.6. The molecule has 3 heteroatoms. The molecule has 1 rings (SSSR count). The molecule has 0 heterocycles. The van der Waals surface area contributed by atoms with E-state index >= 15 is 0 Å². The van der Waals surface area contributed by atoms with E-state index in [0.29, 0.717) is 0 Å². The Morgan fingerprint density at radius 3 is 2.33 bits per heavy atom. The Bertz CT molecular complexity index is 352. The molecular formula is C15H23F2P. The van der Waals surface area contributed by atoms with Gasteiger partial charge in [-0.2, -0.15) is 0 Å². The largest absolute Gasteiger partial charge is 0.207 e. The SMILES string of the molecule is CCCCCCP(CCC)c1ccc(F)cc1F. The lowest BCUT2D eigenvalue weighted by atomic mass is 10.2. The summed E-state index contributed by atoms with van der Waals surface area (Å²) in [7, 11) is -0.447. The second-order valence-corrected chi connectivity index (χ2v) is 7.10. The maximum Gasteiger partial charge on any atom is 0.133 e. The van der Waals surface area contributed by atoms with E-state index in [4.69, 9.17) is 0 Å². The Morgan fingerprint density at radius 2 is 1.72 bits per heavy atom. The molecule has 0 radical (unpaired) electrons. The van der Waals surface area contributed by atoms with Crippen molar-refractivity contribution in [3.8, 4) is 0 Å². The number of rotatable bonds is 8. The van der Waals surface area contributed by atoms with Crippen LogP contribution >= 0.6 is 7.92 Å². The van der Waals surface area contributed by atoms with E-state index in [1.165, 1.54) is 25.3 Å². The van der Waals surface area contributed by atoms with Crippen LogP contribution in [0.4, 0.5) is 8.78 Å². The Morgan fingerprint density at radius 1 is 0.944 bits per heavy atom. The summed E-state index contributed by atoms with van der Waals surface area (Å²) in [6, 6.07) is 4.05. The van der Waals surface area contributed by atoms with E-state index in [0.717, 1.165) is 36.5 Å². The molecule has 1 aromatic carbocycles. The van der Waals surface area contributed by atoms with Gasteiger partial charge in [0.25, 0.3) is 0 Å². The van der Waals surface area contributed by atoms with Crippen LogP contribution in [0.1, 0.15) is 46.0 Å². The molecule has 0 aliphatic rings. The predicted molar refractivity (Wildman–Crippen MR) is 77.1 cm³/mol. The summed E-state index contributed by atoms with van der Waals surface area (Å²) in [4.78, 5) is 0. The smallest absolute Gasteiger partial charge is 0.133 e. The fourth-order valence-corrected chi connectivity index (χ4v) is 4.59. The molecule has 0 aliphatic carbocycles. The molecule has 0 fully saturated rings. The van der Waals surface area contributed by atoms with Gasteiger partial charge in [0.05, 0.1) is 0 Å². The van der Waals surface area contributed by atoms with Gasteiger partial charge in [0.15, 0.2) is 0 Å². The molecule has 0 saturated heterocycles. The molecule has 0 nitrogen and oxygen atoms in total. The number of benzene rings is 1. The van der Waals surface area contributed by atoms with Crippen LogP contribution in [0.15, 0.2) is 18.2 Å². The predicted octanol–water partition coefficient (Wildman–Crippen LogP) is 5.06. The van der Waals surface area contributed by atoms with E-state index in [1.807, 2.05) is 0 Å². The highest BCUT2D eigenvalue weighted by Gasteiger charge is 2.14. The van der Waals surface area contributed by atoms with Gasteiger partial charge in [-0.15, -0.1) is 0 Å². The van der Waals surface area contributed by atoms with Crippen LogP contribution in [0.5, 0.6) is 0 Å². The number of unbranched alkanes of at least 4 members (excludes halogenated alkanes) is 3. The Labute approximate surface area is 111 Å². The van der Waals surface area contributed by atoms with Crippen molar-refractivity contribution in [2.75, 3.05) is 12.3 Å². The van der Waals surface area contributed by atoms with Crippen molar-refractivity contribution in [1.29, 1.82) is 0 Å². The van der Waals surface area contributed by atoms with Crippen LogP contribution in [0, 0.1) is 11.6 Å². The normalized spacial score (nSPS) is 12.7. The zero-order chi connectivity index (χ0) is 13.4. The van der Waals surface area contributed by atoms with Crippen molar-refractivity contribution in [2.45, 2.75) is 46.0 Å². The fourth-order valence-electron chi connectivity index (χ4n) is 2.09. The molecule has 0 N–H and O–H groups in total. The Hall–Kier alpha value is -0.490. The Balaban J connectivity index is 2.64. The highest BCUT2D eigenvalue weighted by atomic mass is 31.1. The van der Waals surface area contributed by atoms with Gasteiger partial charge in [0.2, 0.25) is 0 Å². The molecule has 0 aromatic heterocycles. The third-order valence-electron chi connectivity index (χ3n) is 3.03. The van der Waals surface area contributed by atoms with Gasteiger partial charge in [-0.1, -0.05) is 47.5 Å². The number of hydrogen-bond acceptors (Lipinski definition) is 0. The standard InChI is InChI=1S/C15H23F2P/c1-3-5-6-7-11-18(10-4-2)15-9-8-13(16)12-14(15)17/h8-9,12H,3-7,10-11H2,1-2H3. The van der Waals surface area contributed by atoms with Gasteiger partial charge in [-0.3, -0.25) is 0 Å². The molecule has 0 bridgehead atoms. The highest BCUT2D eigenvalue weighted by molar-refractivity contribution is 7.65. The van der Waals surface area contributed by atoms with Gasteiger partial charge in [0.1, 0.15) is 11.6 Å². The summed E-state index contributed by atoms with van der Waals surface area (Å²) in [5.74, 6) is -0.835. The topological polar surface area (TPSA) is 0 Å². The van der Waals surface area contributed by atoms with Crippen LogP contribution in [0.3, 0.4) is 0 Å². The summed E-state index contributed by atoms with van der Waals surface area (Å²) in [6.45, 7) is 4.32. The monoisotopic (exact) mass is 272 g/mol. The van der Waals surface area contributed by atoms with Gasteiger partial charge in [-0.05, 0) is 30.9 Å². The molecule has 102 valence electrons. The van der Waals surface area contributed by atoms with Gasteiger partial charge in [0, 0.05) is 11.4 Å². The minimum Gasteiger partial charge on any atom is -0.207 e. The number of halogens is 2. The summed E-state index contributed by atoms with van der Waals surface area (Å²) in [5.41, 5.74) is 0. The van der Waals surface area contributed by atoms with Crippen molar-refractivity contribution in [2.24, 2.45) is 0 Å². The van der Waals surface area contributed by atoms with Crippen LogP contribution in [-0.4, -0.2) is 12.3 Å². The second kappa shape index (κ2) is 8.58. The van der Waals surface area contributed by atoms with Crippen molar-refractivity contribution >= 4 is 13.2 Å². The van der Waals surface area contributed by atoms with Gasteiger partial charge < -0.3 is 0 Å².